The van der Waals surface area contributed by atoms with Crippen molar-refractivity contribution in [3.05, 3.63) is 59.7 Å². The Morgan fingerprint density at radius 3 is 2.59 bits per heavy atom. The molecule has 2 unspecified atom stereocenters. The maximum absolute atomic E-state index is 11.0. The Morgan fingerprint density at radius 1 is 1.34 bits per heavy atom. The Hall–Kier alpha value is -1.91. The Morgan fingerprint density at radius 2 is 2.03 bits per heavy atom. The predicted octanol–water partition coefficient (Wildman–Crippen LogP) is 5.02. The highest BCUT2D eigenvalue weighted by Crippen LogP contribution is 2.45. The van der Waals surface area contributed by atoms with Crippen LogP contribution in [0.15, 0.2) is 48.6 Å². The lowest BCUT2D eigenvalue weighted by molar-refractivity contribution is -0.0177. The summed E-state index contributed by atoms with van der Waals surface area (Å²) in [5.74, 6) is -0.286. The molecule has 0 saturated heterocycles. The third-order valence-corrected chi connectivity index (χ3v) is 7.15. The SMILES string of the molecule is C=C1CC(OC)[C@H](/C=C/CC(O)C2(C)CCC2)[C@H]1CCc1ccc(C(=O)O)cc1. The summed E-state index contributed by atoms with van der Waals surface area (Å²) in [6.45, 7) is 6.48. The molecule has 0 aromatic heterocycles. The molecule has 0 radical (unpaired) electrons. The summed E-state index contributed by atoms with van der Waals surface area (Å²) in [7, 11) is 1.76. The van der Waals surface area contributed by atoms with E-state index in [1.165, 1.54) is 12.0 Å². The Kier molecular flexibility index (Phi) is 6.97. The number of aromatic carboxylic acids is 1. The van der Waals surface area contributed by atoms with Crippen LogP contribution in [0.25, 0.3) is 0 Å². The number of aryl methyl sites for hydroxylation is 1. The molecule has 0 aliphatic heterocycles. The second-order valence-corrected chi connectivity index (χ2v) is 9.05. The summed E-state index contributed by atoms with van der Waals surface area (Å²) in [6, 6.07) is 7.13. The van der Waals surface area contributed by atoms with E-state index >= 15 is 0 Å². The highest BCUT2D eigenvalue weighted by Gasteiger charge is 2.39. The molecule has 0 spiro atoms. The molecule has 0 amide bonds. The molecule has 3 rings (SSSR count). The van der Waals surface area contributed by atoms with Gasteiger partial charge in [-0.25, -0.2) is 4.79 Å². The molecule has 4 heteroatoms. The number of ether oxygens (including phenoxy) is 1. The van der Waals surface area contributed by atoms with Gasteiger partial charge in [-0.15, -0.1) is 0 Å². The summed E-state index contributed by atoms with van der Waals surface area (Å²) in [6.07, 6.45) is 11.1. The average molecular weight is 399 g/mol. The largest absolute Gasteiger partial charge is 0.478 e. The third kappa shape index (κ3) is 4.99. The van der Waals surface area contributed by atoms with Gasteiger partial charge in [-0.3, -0.25) is 0 Å². The first-order chi connectivity index (χ1) is 13.8. The second-order valence-electron chi connectivity index (χ2n) is 9.05. The van der Waals surface area contributed by atoms with E-state index in [-0.39, 0.29) is 23.5 Å². The summed E-state index contributed by atoms with van der Waals surface area (Å²) in [5.41, 5.74) is 2.77. The van der Waals surface area contributed by atoms with Gasteiger partial charge in [0, 0.05) is 13.0 Å². The summed E-state index contributed by atoms with van der Waals surface area (Å²) in [5, 5.41) is 19.6. The van der Waals surface area contributed by atoms with Crippen molar-refractivity contribution in [3.63, 3.8) is 0 Å². The van der Waals surface area contributed by atoms with E-state index < -0.39 is 5.97 Å². The topological polar surface area (TPSA) is 66.8 Å². The number of benzene rings is 1. The van der Waals surface area contributed by atoms with E-state index in [4.69, 9.17) is 9.84 Å². The van der Waals surface area contributed by atoms with Gasteiger partial charge >= 0.3 is 5.97 Å². The molecule has 0 heterocycles. The van der Waals surface area contributed by atoms with Crippen molar-refractivity contribution in [2.75, 3.05) is 7.11 Å². The van der Waals surface area contributed by atoms with E-state index in [1.54, 1.807) is 19.2 Å². The van der Waals surface area contributed by atoms with Crippen LogP contribution in [0.2, 0.25) is 0 Å². The highest BCUT2D eigenvalue weighted by molar-refractivity contribution is 5.87. The molecule has 0 bridgehead atoms. The third-order valence-electron chi connectivity index (χ3n) is 7.15. The van der Waals surface area contributed by atoms with Gasteiger partial charge < -0.3 is 14.9 Å². The summed E-state index contributed by atoms with van der Waals surface area (Å²) < 4.78 is 5.74. The predicted molar refractivity (Wildman–Crippen MR) is 115 cm³/mol. The smallest absolute Gasteiger partial charge is 0.335 e. The van der Waals surface area contributed by atoms with Gasteiger partial charge in [0.2, 0.25) is 0 Å². The van der Waals surface area contributed by atoms with Crippen LogP contribution < -0.4 is 0 Å². The van der Waals surface area contributed by atoms with Crippen LogP contribution >= 0.6 is 0 Å². The average Bonchev–Trinajstić information content (AvgIpc) is 2.99. The minimum atomic E-state index is -0.896. The molecule has 29 heavy (non-hydrogen) atoms. The van der Waals surface area contributed by atoms with E-state index in [9.17, 15) is 9.90 Å². The lowest BCUT2D eigenvalue weighted by Crippen LogP contribution is -2.38. The Bertz CT molecular complexity index is 745. The van der Waals surface area contributed by atoms with Crippen LogP contribution in [0.5, 0.6) is 0 Å². The number of aliphatic hydroxyl groups excluding tert-OH is 1. The quantitative estimate of drug-likeness (QED) is 0.573. The van der Waals surface area contributed by atoms with E-state index in [0.29, 0.717) is 17.9 Å². The van der Waals surface area contributed by atoms with Gasteiger partial charge in [-0.05, 0) is 67.6 Å². The number of hydrogen-bond acceptors (Lipinski definition) is 3. The molecule has 1 aromatic rings. The molecule has 4 atom stereocenters. The van der Waals surface area contributed by atoms with E-state index in [2.05, 4.69) is 25.7 Å². The normalized spacial score (nSPS) is 27.1. The van der Waals surface area contributed by atoms with Crippen molar-refractivity contribution in [1.29, 1.82) is 0 Å². The van der Waals surface area contributed by atoms with Gasteiger partial charge in [0.25, 0.3) is 0 Å². The standard InChI is InChI=1S/C25H34O4/c1-17-16-22(29-3)21(6-4-7-23(26)25(2)14-5-15-25)20(17)13-10-18-8-11-19(12-9-18)24(27)28/h4,6,8-9,11-12,20-23,26H,1,5,7,10,13-16H2,2-3H3,(H,27,28)/b6-4+/t20-,21+,22?,23?/m0/s1. The van der Waals surface area contributed by atoms with Crippen molar-refractivity contribution >= 4 is 5.97 Å². The Labute approximate surface area is 174 Å². The number of methoxy groups -OCH3 is 1. The molecular formula is C25H34O4. The van der Waals surface area contributed by atoms with Crippen molar-refractivity contribution in [3.8, 4) is 0 Å². The van der Waals surface area contributed by atoms with Crippen molar-refractivity contribution in [2.45, 2.75) is 64.1 Å². The molecule has 2 N–H and O–H groups in total. The highest BCUT2D eigenvalue weighted by atomic mass is 16.5. The molecule has 2 fully saturated rings. The maximum atomic E-state index is 11.0. The number of carboxylic acid groups (broad SMARTS) is 1. The Balaban J connectivity index is 1.61. The monoisotopic (exact) mass is 398 g/mol. The van der Waals surface area contributed by atoms with Crippen LogP contribution in [0, 0.1) is 17.3 Å². The fourth-order valence-electron chi connectivity index (χ4n) is 4.83. The molecule has 2 aliphatic carbocycles. The zero-order chi connectivity index (χ0) is 21.0. The summed E-state index contributed by atoms with van der Waals surface area (Å²) >= 11 is 0. The van der Waals surface area contributed by atoms with Gasteiger partial charge in [0.05, 0.1) is 17.8 Å². The molecule has 4 nitrogen and oxygen atoms in total. The van der Waals surface area contributed by atoms with E-state index in [1.807, 2.05) is 12.1 Å². The van der Waals surface area contributed by atoms with Gasteiger partial charge in [0.1, 0.15) is 0 Å². The van der Waals surface area contributed by atoms with Crippen molar-refractivity contribution in [2.24, 2.45) is 17.3 Å². The number of rotatable bonds is 9. The second kappa shape index (κ2) is 9.27. The van der Waals surface area contributed by atoms with E-state index in [0.717, 1.165) is 37.7 Å². The molecule has 2 aliphatic rings. The minimum Gasteiger partial charge on any atom is -0.478 e. The zero-order valence-electron chi connectivity index (χ0n) is 17.6. The van der Waals surface area contributed by atoms with Crippen LogP contribution in [0.4, 0.5) is 0 Å². The van der Waals surface area contributed by atoms with Crippen molar-refractivity contribution < 1.29 is 19.7 Å². The summed E-state index contributed by atoms with van der Waals surface area (Å²) in [4.78, 5) is 11.0. The molecular weight excluding hydrogens is 364 g/mol. The number of hydrogen-bond donors (Lipinski definition) is 2. The maximum Gasteiger partial charge on any atom is 0.335 e. The minimum absolute atomic E-state index is 0.0891. The van der Waals surface area contributed by atoms with Crippen molar-refractivity contribution in [1.82, 2.24) is 0 Å². The number of aliphatic hydroxyl groups is 1. The first kappa shape index (κ1) is 21.8. The fraction of sp³-hybridized carbons (Fsp3) is 0.560. The molecule has 1 aromatic carbocycles. The number of carbonyl (C=O) groups is 1. The lowest BCUT2D eigenvalue weighted by atomic mass is 9.66. The van der Waals surface area contributed by atoms with Crippen LogP contribution in [0.1, 0.15) is 61.4 Å². The van der Waals surface area contributed by atoms with Crippen LogP contribution in [-0.4, -0.2) is 35.5 Å². The van der Waals surface area contributed by atoms with Crippen LogP contribution in [0.3, 0.4) is 0 Å². The molecule has 158 valence electrons. The van der Waals surface area contributed by atoms with Gasteiger partial charge in [-0.2, -0.15) is 0 Å². The number of carboxylic acids is 1. The van der Waals surface area contributed by atoms with Gasteiger partial charge in [-0.1, -0.05) is 49.8 Å². The zero-order valence-corrected chi connectivity index (χ0v) is 17.6. The molecule has 2 saturated carbocycles. The van der Waals surface area contributed by atoms with Crippen LogP contribution in [-0.2, 0) is 11.2 Å². The lowest BCUT2D eigenvalue weighted by Gasteiger charge is -2.42. The van der Waals surface area contributed by atoms with Gasteiger partial charge in [0.15, 0.2) is 0 Å². The first-order valence-corrected chi connectivity index (χ1v) is 10.7. The first-order valence-electron chi connectivity index (χ1n) is 10.7. The fourth-order valence-corrected chi connectivity index (χ4v) is 4.83.